The molecule has 0 saturated heterocycles. The second-order valence-electron chi connectivity index (χ2n) is 7.85. The minimum atomic E-state index is -3.23. The highest BCUT2D eigenvalue weighted by Gasteiger charge is 2.10. The average molecular weight is 527 g/mol. The van der Waals surface area contributed by atoms with Crippen molar-refractivity contribution < 1.29 is 8.42 Å². The number of sulfone groups is 1. The first-order valence-corrected chi connectivity index (χ1v) is 14.7. The Labute approximate surface area is 213 Å². The zero-order valence-corrected chi connectivity index (χ0v) is 21.7. The van der Waals surface area contributed by atoms with E-state index < -0.39 is 9.84 Å². The van der Waals surface area contributed by atoms with Gasteiger partial charge in [0.2, 0.25) is 0 Å². The number of aliphatic imine (C=N–C) groups is 2. The summed E-state index contributed by atoms with van der Waals surface area (Å²) >= 11 is 3.05. The van der Waals surface area contributed by atoms with Gasteiger partial charge in [0.15, 0.2) is 20.1 Å². The van der Waals surface area contributed by atoms with Crippen LogP contribution in [0.3, 0.4) is 0 Å². The second kappa shape index (κ2) is 11.6. The fourth-order valence-corrected chi connectivity index (χ4v) is 5.72. The van der Waals surface area contributed by atoms with E-state index in [1.807, 2.05) is 18.3 Å². The Bertz CT molecular complexity index is 1410. The minimum absolute atomic E-state index is 0.310. The number of aryl methyl sites for hydroxylation is 1. The molecule has 4 rings (SSSR count). The number of thioether (sulfide) groups is 1. The molecule has 2 heterocycles. The quantitative estimate of drug-likeness (QED) is 0.168. The smallest absolute Gasteiger partial charge is 0.187 e. The van der Waals surface area contributed by atoms with E-state index in [1.54, 1.807) is 36.3 Å². The highest BCUT2D eigenvalue weighted by molar-refractivity contribution is 8.13. The molecular formula is C24H26N6O2S3. The molecule has 0 amide bonds. The molecule has 2 aromatic heterocycles. The topological polar surface area (TPSA) is 112 Å². The molecule has 0 fully saturated rings. The van der Waals surface area contributed by atoms with Crippen LogP contribution >= 0.6 is 23.1 Å². The summed E-state index contributed by atoms with van der Waals surface area (Å²) < 4.78 is 24.4. The average Bonchev–Trinajstić information content (AvgIpc) is 3.50. The van der Waals surface area contributed by atoms with Gasteiger partial charge >= 0.3 is 0 Å². The molecule has 0 unspecified atom stereocenters. The van der Waals surface area contributed by atoms with Crippen LogP contribution in [0.15, 0.2) is 69.9 Å². The van der Waals surface area contributed by atoms with Crippen LogP contribution in [-0.2, 0) is 22.7 Å². The van der Waals surface area contributed by atoms with Crippen molar-refractivity contribution in [3.8, 4) is 0 Å². The largest absolute Gasteiger partial charge is 0.361 e. The summed E-state index contributed by atoms with van der Waals surface area (Å²) in [6.45, 7) is 4.36. The van der Waals surface area contributed by atoms with Crippen molar-refractivity contribution in [2.75, 3.05) is 23.9 Å². The Balaban J connectivity index is 1.26. The third kappa shape index (κ3) is 7.23. The van der Waals surface area contributed by atoms with Crippen molar-refractivity contribution in [2.45, 2.75) is 24.2 Å². The maximum absolute atomic E-state index is 11.8. The third-order valence-corrected chi connectivity index (χ3v) is 8.21. The number of benzene rings is 2. The summed E-state index contributed by atoms with van der Waals surface area (Å²) in [6, 6.07) is 13.1. The zero-order chi connectivity index (χ0) is 24.7. The summed E-state index contributed by atoms with van der Waals surface area (Å²) in [5.74, 6) is 0.905. The molecule has 0 aliphatic heterocycles. The molecule has 2 N–H and O–H groups in total. The number of anilines is 1. The number of imidazole rings is 1. The number of amidine groups is 1. The Kier molecular flexibility index (Phi) is 8.32. The van der Waals surface area contributed by atoms with Gasteiger partial charge in [-0.1, -0.05) is 35.2 Å². The highest BCUT2D eigenvalue weighted by atomic mass is 32.2. The third-order valence-electron chi connectivity index (χ3n) is 5.15. The van der Waals surface area contributed by atoms with E-state index in [2.05, 4.69) is 49.1 Å². The fraction of sp³-hybridized carbons (Fsp3) is 0.250. The zero-order valence-electron chi connectivity index (χ0n) is 19.3. The van der Waals surface area contributed by atoms with Crippen molar-refractivity contribution in [2.24, 2.45) is 9.98 Å². The molecule has 2 aromatic carbocycles. The van der Waals surface area contributed by atoms with Crippen molar-refractivity contribution in [1.29, 1.82) is 0 Å². The van der Waals surface area contributed by atoms with Crippen LogP contribution in [0.5, 0.6) is 0 Å². The standard InChI is InChI=1S/C24H26N6O2S3/c1-25-23(33-13-3-4-19-15-26-16-28-19)29-18-7-5-17(6-8-18)11-12-27-24-30-21-10-9-20(35(2,31)32)14-22(21)34-24/h5-10,14-16H,1,3-4,11-13H2,2H3,(H,26,28)(H,27,30). The van der Waals surface area contributed by atoms with Crippen LogP contribution in [0.1, 0.15) is 17.7 Å². The lowest BCUT2D eigenvalue weighted by Gasteiger charge is -2.04. The van der Waals surface area contributed by atoms with Crippen LogP contribution in [0.25, 0.3) is 10.2 Å². The van der Waals surface area contributed by atoms with Crippen molar-refractivity contribution >= 4 is 65.9 Å². The van der Waals surface area contributed by atoms with E-state index >= 15 is 0 Å². The van der Waals surface area contributed by atoms with E-state index in [4.69, 9.17) is 0 Å². The summed E-state index contributed by atoms with van der Waals surface area (Å²) in [5, 5.41) is 4.77. The first-order valence-electron chi connectivity index (χ1n) is 11.0. The van der Waals surface area contributed by atoms with Crippen LogP contribution in [0, 0.1) is 0 Å². The SMILES string of the molecule is C=NC(=Nc1ccc(CCNc2nc3ccc(S(C)(=O)=O)cc3s2)cc1)SCCCc1cnc[nH]1. The van der Waals surface area contributed by atoms with E-state index in [1.165, 1.54) is 23.2 Å². The summed E-state index contributed by atoms with van der Waals surface area (Å²) in [5.41, 5.74) is 3.94. The maximum Gasteiger partial charge on any atom is 0.187 e. The van der Waals surface area contributed by atoms with E-state index in [-0.39, 0.29) is 0 Å². The van der Waals surface area contributed by atoms with E-state index in [0.29, 0.717) is 16.6 Å². The predicted octanol–water partition coefficient (Wildman–Crippen LogP) is 5.13. The number of nitrogens with one attached hydrogen (secondary N) is 2. The molecule has 0 radical (unpaired) electrons. The molecule has 11 heteroatoms. The molecule has 35 heavy (non-hydrogen) atoms. The molecule has 0 aliphatic rings. The monoisotopic (exact) mass is 526 g/mol. The van der Waals surface area contributed by atoms with Gasteiger partial charge in [-0.25, -0.2) is 28.4 Å². The number of rotatable bonds is 10. The molecule has 182 valence electrons. The second-order valence-corrected chi connectivity index (χ2v) is 12.0. The van der Waals surface area contributed by atoms with Gasteiger partial charge in [-0.05, 0) is 61.9 Å². The lowest BCUT2D eigenvalue weighted by atomic mass is 10.1. The van der Waals surface area contributed by atoms with Gasteiger partial charge < -0.3 is 10.3 Å². The minimum Gasteiger partial charge on any atom is -0.361 e. The molecule has 0 atom stereocenters. The van der Waals surface area contributed by atoms with E-state index in [0.717, 1.165) is 51.7 Å². The molecule has 0 aliphatic carbocycles. The fourth-order valence-electron chi connectivity index (χ4n) is 3.33. The van der Waals surface area contributed by atoms with Crippen LogP contribution in [-0.4, -0.2) is 53.8 Å². The number of hydrogen-bond acceptors (Lipinski definition) is 8. The Hall–Kier alpha value is -3.02. The maximum atomic E-state index is 11.8. The van der Waals surface area contributed by atoms with Gasteiger partial charge in [0, 0.05) is 30.4 Å². The predicted molar refractivity (Wildman–Crippen MR) is 147 cm³/mol. The first kappa shape index (κ1) is 25.1. The van der Waals surface area contributed by atoms with Gasteiger partial charge in [0.25, 0.3) is 0 Å². The lowest BCUT2D eigenvalue weighted by Crippen LogP contribution is -2.04. The number of thiazole rings is 1. The summed E-state index contributed by atoms with van der Waals surface area (Å²) in [4.78, 5) is 20.6. The van der Waals surface area contributed by atoms with Crippen molar-refractivity contribution in [3.05, 3.63) is 66.2 Å². The van der Waals surface area contributed by atoms with Crippen molar-refractivity contribution in [3.63, 3.8) is 0 Å². The number of aromatic amines is 1. The summed E-state index contributed by atoms with van der Waals surface area (Å²) in [6.07, 6.45) is 7.52. The van der Waals surface area contributed by atoms with Gasteiger partial charge in [0.05, 0.1) is 27.1 Å². The molecule has 4 aromatic rings. The lowest BCUT2D eigenvalue weighted by molar-refractivity contribution is 0.602. The number of nitrogens with zero attached hydrogens (tertiary/aromatic N) is 4. The molecular weight excluding hydrogens is 501 g/mol. The Morgan fingerprint density at radius 3 is 2.74 bits per heavy atom. The van der Waals surface area contributed by atoms with Gasteiger partial charge in [-0.3, -0.25) is 0 Å². The van der Waals surface area contributed by atoms with Gasteiger partial charge in [-0.15, -0.1) is 0 Å². The number of fused-ring (bicyclic) bond motifs is 1. The summed E-state index contributed by atoms with van der Waals surface area (Å²) in [7, 11) is -3.23. The van der Waals surface area contributed by atoms with E-state index in [9.17, 15) is 8.42 Å². The molecule has 0 spiro atoms. The van der Waals surface area contributed by atoms with Gasteiger partial charge in [0.1, 0.15) is 0 Å². The van der Waals surface area contributed by atoms with Crippen molar-refractivity contribution in [1.82, 2.24) is 15.0 Å². The van der Waals surface area contributed by atoms with Crippen LogP contribution in [0.4, 0.5) is 10.8 Å². The number of hydrogen-bond donors (Lipinski definition) is 2. The molecule has 0 saturated carbocycles. The van der Waals surface area contributed by atoms with Crippen LogP contribution < -0.4 is 5.32 Å². The Morgan fingerprint density at radius 2 is 2.03 bits per heavy atom. The highest BCUT2D eigenvalue weighted by Crippen LogP contribution is 2.28. The number of aromatic nitrogens is 3. The Morgan fingerprint density at radius 1 is 1.20 bits per heavy atom. The molecule has 8 nitrogen and oxygen atoms in total. The molecule has 0 bridgehead atoms. The van der Waals surface area contributed by atoms with Gasteiger partial charge in [-0.2, -0.15) is 0 Å². The number of H-pyrrole nitrogens is 1. The normalized spacial score (nSPS) is 12.2. The first-order chi connectivity index (χ1) is 16.9. The van der Waals surface area contributed by atoms with Crippen LogP contribution in [0.2, 0.25) is 0 Å².